The highest BCUT2D eigenvalue weighted by Crippen LogP contribution is 2.10. The lowest BCUT2D eigenvalue weighted by Gasteiger charge is -2.07. The molecule has 2 aromatic rings. The third kappa shape index (κ3) is 3.47. The van der Waals surface area contributed by atoms with E-state index in [0.717, 1.165) is 13.0 Å². The van der Waals surface area contributed by atoms with E-state index in [4.69, 9.17) is 4.74 Å². The van der Waals surface area contributed by atoms with Crippen LogP contribution in [-0.4, -0.2) is 42.9 Å². The standard InChI is InChI=1S/C11H15N7O/c1-3-5-13-9-15-10(18-8-12-7-14-18)17-11(16-9)19-6-4-2/h4,7-8H,2-3,5-6H2,1H3,(H,13,15,16,17). The summed E-state index contributed by atoms with van der Waals surface area (Å²) in [7, 11) is 0. The van der Waals surface area contributed by atoms with Crippen molar-refractivity contribution in [2.45, 2.75) is 13.3 Å². The quantitative estimate of drug-likeness (QED) is 0.738. The zero-order valence-electron chi connectivity index (χ0n) is 10.7. The van der Waals surface area contributed by atoms with Crippen molar-refractivity contribution in [2.75, 3.05) is 18.5 Å². The summed E-state index contributed by atoms with van der Waals surface area (Å²) in [4.78, 5) is 16.4. The Kier molecular flexibility index (Phi) is 4.38. The van der Waals surface area contributed by atoms with E-state index < -0.39 is 0 Å². The summed E-state index contributed by atoms with van der Waals surface area (Å²) < 4.78 is 6.78. The predicted octanol–water partition coefficient (Wildman–Crippen LogP) is 0.839. The van der Waals surface area contributed by atoms with Gasteiger partial charge in [0.15, 0.2) is 0 Å². The largest absolute Gasteiger partial charge is 0.459 e. The molecule has 19 heavy (non-hydrogen) atoms. The first-order valence-electron chi connectivity index (χ1n) is 5.92. The molecule has 2 rings (SSSR count). The van der Waals surface area contributed by atoms with Gasteiger partial charge in [-0.15, -0.1) is 0 Å². The number of hydrogen-bond acceptors (Lipinski definition) is 7. The van der Waals surface area contributed by atoms with E-state index in [0.29, 0.717) is 18.5 Å². The molecule has 0 spiro atoms. The molecule has 100 valence electrons. The van der Waals surface area contributed by atoms with Crippen molar-refractivity contribution in [2.24, 2.45) is 0 Å². The molecule has 0 bridgehead atoms. The lowest BCUT2D eigenvalue weighted by atomic mass is 10.5. The minimum absolute atomic E-state index is 0.221. The maximum Gasteiger partial charge on any atom is 0.323 e. The van der Waals surface area contributed by atoms with Crippen LogP contribution in [0.5, 0.6) is 6.01 Å². The van der Waals surface area contributed by atoms with Crippen LogP contribution in [0.3, 0.4) is 0 Å². The Morgan fingerprint density at radius 1 is 1.42 bits per heavy atom. The molecule has 0 radical (unpaired) electrons. The van der Waals surface area contributed by atoms with E-state index >= 15 is 0 Å². The molecule has 0 fully saturated rings. The Hall–Kier alpha value is -2.51. The van der Waals surface area contributed by atoms with E-state index in [1.165, 1.54) is 17.3 Å². The average Bonchev–Trinajstić information content (AvgIpc) is 2.97. The van der Waals surface area contributed by atoms with Gasteiger partial charge in [0.25, 0.3) is 5.95 Å². The van der Waals surface area contributed by atoms with Gasteiger partial charge in [-0.25, -0.2) is 4.98 Å². The van der Waals surface area contributed by atoms with Gasteiger partial charge in [0.2, 0.25) is 5.95 Å². The summed E-state index contributed by atoms with van der Waals surface area (Å²) in [6.45, 7) is 6.73. The minimum Gasteiger partial charge on any atom is -0.459 e. The van der Waals surface area contributed by atoms with Crippen LogP contribution in [0, 0.1) is 0 Å². The van der Waals surface area contributed by atoms with E-state index in [1.54, 1.807) is 6.08 Å². The van der Waals surface area contributed by atoms with Crippen LogP contribution in [-0.2, 0) is 0 Å². The van der Waals surface area contributed by atoms with E-state index in [9.17, 15) is 0 Å². The minimum atomic E-state index is 0.221. The third-order valence-electron chi connectivity index (χ3n) is 2.09. The molecule has 0 aliphatic carbocycles. The van der Waals surface area contributed by atoms with Crippen LogP contribution < -0.4 is 10.1 Å². The van der Waals surface area contributed by atoms with Crippen molar-refractivity contribution >= 4 is 5.95 Å². The van der Waals surface area contributed by atoms with Crippen molar-refractivity contribution < 1.29 is 4.74 Å². The third-order valence-corrected chi connectivity index (χ3v) is 2.09. The number of nitrogens with zero attached hydrogens (tertiary/aromatic N) is 6. The molecule has 0 amide bonds. The fourth-order valence-corrected chi connectivity index (χ4v) is 1.27. The van der Waals surface area contributed by atoms with Gasteiger partial charge in [-0.2, -0.15) is 24.7 Å². The lowest BCUT2D eigenvalue weighted by Crippen LogP contribution is -2.11. The molecule has 0 atom stereocenters. The first kappa shape index (κ1) is 12.9. The Morgan fingerprint density at radius 3 is 3.00 bits per heavy atom. The summed E-state index contributed by atoms with van der Waals surface area (Å²) in [5.41, 5.74) is 0. The second kappa shape index (κ2) is 6.43. The molecule has 2 aromatic heterocycles. The van der Waals surface area contributed by atoms with Gasteiger partial charge in [-0.1, -0.05) is 19.6 Å². The van der Waals surface area contributed by atoms with Crippen LogP contribution in [0.1, 0.15) is 13.3 Å². The molecule has 2 heterocycles. The number of ether oxygens (including phenoxy) is 1. The highest BCUT2D eigenvalue weighted by atomic mass is 16.5. The Morgan fingerprint density at radius 2 is 2.32 bits per heavy atom. The number of nitrogens with one attached hydrogen (secondary N) is 1. The summed E-state index contributed by atoms with van der Waals surface area (Å²) in [6, 6.07) is 0.221. The zero-order chi connectivity index (χ0) is 13.5. The molecular formula is C11H15N7O. The summed E-state index contributed by atoms with van der Waals surface area (Å²) in [5.74, 6) is 0.798. The first-order chi connectivity index (χ1) is 9.33. The Balaban J connectivity index is 2.28. The maximum atomic E-state index is 5.33. The van der Waals surface area contributed by atoms with Crippen LogP contribution in [0.15, 0.2) is 25.3 Å². The van der Waals surface area contributed by atoms with Crippen molar-refractivity contribution in [1.29, 1.82) is 0 Å². The molecule has 0 aromatic carbocycles. The zero-order valence-corrected chi connectivity index (χ0v) is 10.7. The second-order valence-corrected chi connectivity index (χ2v) is 3.61. The maximum absolute atomic E-state index is 5.33. The Bertz CT molecular complexity index is 526. The summed E-state index contributed by atoms with van der Waals surface area (Å²) in [6.07, 6.45) is 5.51. The smallest absolute Gasteiger partial charge is 0.323 e. The average molecular weight is 261 g/mol. The number of anilines is 1. The van der Waals surface area contributed by atoms with Gasteiger partial charge in [-0.3, -0.25) is 0 Å². The van der Waals surface area contributed by atoms with Crippen molar-refractivity contribution in [3.8, 4) is 12.0 Å². The topological polar surface area (TPSA) is 90.6 Å². The van der Waals surface area contributed by atoms with Gasteiger partial charge in [0, 0.05) is 6.54 Å². The highest BCUT2D eigenvalue weighted by Gasteiger charge is 2.09. The molecule has 0 aliphatic rings. The number of aromatic nitrogens is 6. The van der Waals surface area contributed by atoms with Crippen LogP contribution in [0.25, 0.3) is 5.95 Å². The normalized spacial score (nSPS) is 10.2. The van der Waals surface area contributed by atoms with Gasteiger partial charge in [-0.05, 0) is 6.42 Å². The molecule has 0 unspecified atom stereocenters. The molecule has 0 saturated carbocycles. The van der Waals surface area contributed by atoms with Gasteiger partial charge in [0.1, 0.15) is 19.3 Å². The number of hydrogen-bond donors (Lipinski definition) is 1. The molecule has 1 N–H and O–H groups in total. The first-order valence-corrected chi connectivity index (χ1v) is 5.92. The molecular weight excluding hydrogens is 246 g/mol. The van der Waals surface area contributed by atoms with E-state index in [2.05, 4.69) is 43.9 Å². The molecule has 8 heteroatoms. The van der Waals surface area contributed by atoms with Crippen molar-refractivity contribution in [1.82, 2.24) is 29.7 Å². The van der Waals surface area contributed by atoms with E-state index in [1.807, 2.05) is 0 Å². The second-order valence-electron chi connectivity index (χ2n) is 3.61. The fourth-order valence-electron chi connectivity index (χ4n) is 1.27. The van der Waals surface area contributed by atoms with Gasteiger partial charge < -0.3 is 10.1 Å². The van der Waals surface area contributed by atoms with E-state index in [-0.39, 0.29) is 6.01 Å². The van der Waals surface area contributed by atoms with Gasteiger partial charge >= 0.3 is 6.01 Å². The molecule has 8 nitrogen and oxygen atoms in total. The summed E-state index contributed by atoms with van der Waals surface area (Å²) >= 11 is 0. The Labute approximate surface area is 110 Å². The SMILES string of the molecule is C=CCOc1nc(NCCC)nc(-n2cncn2)n1. The summed E-state index contributed by atoms with van der Waals surface area (Å²) in [5, 5.41) is 7.06. The predicted molar refractivity (Wildman–Crippen MR) is 69.2 cm³/mol. The van der Waals surface area contributed by atoms with Gasteiger partial charge in [0.05, 0.1) is 0 Å². The van der Waals surface area contributed by atoms with Crippen LogP contribution in [0.2, 0.25) is 0 Å². The van der Waals surface area contributed by atoms with Crippen LogP contribution in [0.4, 0.5) is 5.95 Å². The van der Waals surface area contributed by atoms with Crippen LogP contribution >= 0.6 is 0 Å². The van der Waals surface area contributed by atoms with Crippen molar-refractivity contribution in [3.05, 3.63) is 25.3 Å². The van der Waals surface area contributed by atoms with Crippen molar-refractivity contribution in [3.63, 3.8) is 0 Å². The fraction of sp³-hybridized carbons (Fsp3) is 0.364. The lowest BCUT2D eigenvalue weighted by molar-refractivity contribution is 0.331. The monoisotopic (exact) mass is 261 g/mol. The highest BCUT2D eigenvalue weighted by molar-refractivity contribution is 5.29. The molecule has 0 aliphatic heterocycles. The number of rotatable bonds is 7. The molecule has 0 saturated heterocycles.